The maximum Gasteiger partial charge on any atom is 0.291 e. The van der Waals surface area contributed by atoms with Crippen LogP contribution in [-0.2, 0) is 0 Å². The highest BCUT2D eigenvalue weighted by molar-refractivity contribution is 6.33. The fourth-order valence-electron chi connectivity index (χ4n) is 2.84. The van der Waals surface area contributed by atoms with Gasteiger partial charge in [-0.2, -0.15) is 0 Å². The zero-order chi connectivity index (χ0) is 18.1. The van der Waals surface area contributed by atoms with Gasteiger partial charge in [-0.05, 0) is 36.4 Å². The Morgan fingerprint density at radius 1 is 0.885 bits per heavy atom. The molecular formula is C21H14ClNO3. The Kier molecular flexibility index (Phi) is 4.11. The van der Waals surface area contributed by atoms with Gasteiger partial charge in [0.2, 0.25) is 0 Å². The van der Waals surface area contributed by atoms with Gasteiger partial charge in [-0.25, -0.2) is 0 Å². The molecule has 3 aromatic carbocycles. The summed E-state index contributed by atoms with van der Waals surface area (Å²) < 4.78 is 5.67. The van der Waals surface area contributed by atoms with Crippen molar-refractivity contribution in [2.45, 2.75) is 0 Å². The molecule has 0 bridgehead atoms. The minimum atomic E-state index is -0.376. The number of fused-ring (bicyclic) bond motifs is 1. The van der Waals surface area contributed by atoms with Gasteiger partial charge in [0, 0.05) is 22.0 Å². The fourth-order valence-corrected chi connectivity index (χ4v) is 3.07. The van der Waals surface area contributed by atoms with Crippen LogP contribution in [0.1, 0.15) is 10.6 Å². The Balaban J connectivity index is 1.64. The number of amides is 1. The Morgan fingerprint density at radius 2 is 1.62 bits per heavy atom. The van der Waals surface area contributed by atoms with E-state index in [2.05, 4.69) is 5.32 Å². The molecule has 128 valence electrons. The van der Waals surface area contributed by atoms with Gasteiger partial charge in [0.05, 0.1) is 5.02 Å². The van der Waals surface area contributed by atoms with E-state index in [-0.39, 0.29) is 17.4 Å². The predicted octanol–water partition coefficient (Wildman–Crippen LogP) is 5.71. The van der Waals surface area contributed by atoms with Gasteiger partial charge in [-0.3, -0.25) is 4.79 Å². The molecule has 1 aromatic heterocycles. The second-order valence-corrected chi connectivity index (χ2v) is 6.18. The quantitative estimate of drug-likeness (QED) is 0.458. The van der Waals surface area contributed by atoms with Crippen molar-refractivity contribution in [1.29, 1.82) is 0 Å². The molecule has 1 amide bonds. The average Bonchev–Trinajstić information content (AvgIpc) is 3.15. The molecular weight excluding hydrogens is 350 g/mol. The van der Waals surface area contributed by atoms with Crippen molar-refractivity contribution < 1.29 is 14.3 Å². The van der Waals surface area contributed by atoms with Crippen LogP contribution in [0.4, 0.5) is 5.69 Å². The van der Waals surface area contributed by atoms with Crippen LogP contribution in [0.3, 0.4) is 0 Å². The van der Waals surface area contributed by atoms with E-state index < -0.39 is 0 Å². The normalized spacial score (nSPS) is 10.8. The smallest absolute Gasteiger partial charge is 0.291 e. The lowest BCUT2D eigenvalue weighted by atomic mass is 10.1. The summed E-state index contributed by atoms with van der Waals surface area (Å²) >= 11 is 6.17. The van der Waals surface area contributed by atoms with E-state index in [0.717, 1.165) is 10.9 Å². The largest absolute Gasteiger partial charge is 0.507 e. The molecule has 0 aliphatic rings. The van der Waals surface area contributed by atoms with Crippen molar-refractivity contribution in [3.8, 4) is 17.1 Å². The molecule has 0 fully saturated rings. The topological polar surface area (TPSA) is 62.5 Å². The Morgan fingerprint density at radius 3 is 2.42 bits per heavy atom. The van der Waals surface area contributed by atoms with Gasteiger partial charge in [0.25, 0.3) is 5.91 Å². The van der Waals surface area contributed by atoms with E-state index in [4.69, 9.17) is 16.0 Å². The highest BCUT2D eigenvalue weighted by Gasteiger charge is 2.15. The van der Waals surface area contributed by atoms with Gasteiger partial charge in [0.15, 0.2) is 5.76 Å². The van der Waals surface area contributed by atoms with Crippen molar-refractivity contribution in [3.63, 3.8) is 0 Å². The third-order valence-electron chi connectivity index (χ3n) is 4.12. The van der Waals surface area contributed by atoms with E-state index in [9.17, 15) is 9.90 Å². The van der Waals surface area contributed by atoms with Gasteiger partial charge in [-0.1, -0.05) is 48.0 Å². The molecule has 0 atom stereocenters. The molecule has 0 unspecified atom stereocenters. The molecule has 1 heterocycles. The van der Waals surface area contributed by atoms with Crippen LogP contribution < -0.4 is 5.32 Å². The van der Waals surface area contributed by atoms with E-state index in [1.807, 2.05) is 36.4 Å². The molecule has 2 N–H and O–H groups in total. The number of anilines is 1. The average molecular weight is 364 g/mol. The van der Waals surface area contributed by atoms with Crippen LogP contribution in [0.5, 0.6) is 5.75 Å². The number of furan rings is 1. The maximum atomic E-state index is 12.6. The molecule has 4 rings (SSSR count). The van der Waals surface area contributed by atoms with Gasteiger partial charge < -0.3 is 14.8 Å². The van der Waals surface area contributed by atoms with E-state index >= 15 is 0 Å². The minimum Gasteiger partial charge on any atom is -0.507 e. The number of hydrogen-bond acceptors (Lipinski definition) is 3. The van der Waals surface area contributed by atoms with Crippen LogP contribution in [-0.4, -0.2) is 11.0 Å². The molecule has 0 spiro atoms. The fraction of sp³-hybridized carbons (Fsp3) is 0. The number of hydrogen-bond donors (Lipinski definition) is 2. The molecule has 5 heteroatoms. The molecule has 4 aromatic rings. The van der Waals surface area contributed by atoms with Crippen LogP contribution in [0.25, 0.3) is 22.1 Å². The van der Waals surface area contributed by atoms with Crippen molar-refractivity contribution in [2.24, 2.45) is 0 Å². The summed E-state index contributed by atoms with van der Waals surface area (Å²) in [6.45, 7) is 0. The third kappa shape index (κ3) is 2.91. The summed E-state index contributed by atoms with van der Waals surface area (Å²) in [5.41, 5.74) is 1.32. The first-order chi connectivity index (χ1) is 12.6. The van der Waals surface area contributed by atoms with E-state index in [1.54, 1.807) is 36.4 Å². The Labute approximate surface area is 154 Å². The van der Waals surface area contributed by atoms with Crippen molar-refractivity contribution >= 4 is 34.0 Å². The predicted molar refractivity (Wildman–Crippen MR) is 103 cm³/mol. The number of phenolic OH excluding ortho intramolecular Hbond substituents is 1. The van der Waals surface area contributed by atoms with Gasteiger partial charge >= 0.3 is 0 Å². The first kappa shape index (κ1) is 16.2. The lowest BCUT2D eigenvalue weighted by Gasteiger charge is -2.09. The zero-order valence-electron chi connectivity index (χ0n) is 13.6. The summed E-state index contributed by atoms with van der Waals surface area (Å²) in [7, 11) is 0. The number of halogens is 1. The van der Waals surface area contributed by atoms with Crippen LogP contribution in [0, 0.1) is 0 Å². The lowest BCUT2D eigenvalue weighted by molar-refractivity contribution is 0.0997. The van der Waals surface area contributed by atoms with E-state index in [1.165, 1.54) is 0 Å². The van der Waals surface area contributed by atoms with Crippen molar-refractivity contribution in [1.82, 2.24) is 0 Å². The summed E-state index contributed by atoms with van der Waals surface area (Å²) in [6.07, 6.45) is 0. The highest BCUT2D eigenvalue weighted by atomic mass is 35.5. The highest BCUT2D eigenvalue weighted by Crippen LogP contribution is 2.32. The summed E-state index contributed by atoms with van der Waals surface area (Å²) in [5.74, 6) is 0.491. The second-order valence-electron chi connectivity index (χ2n) is 5.78. The first-order valence-electron chi connectivity index (χ1n) is 8.00. The van der Waals surface area contributed by atoms with E-state index in [0.29, 0.717) is 21.9 Å². The third-order valence-corrected chi connectivity index (χ3v) is 4.45. The Bertz CT molecular complexity index is 1120. The van der Waals surface area contributed by atoms with Crippen molar-refractivity contribution in [3.05, 3.63) is 83.6 Å². The van der Waals surface area contributed by atoms with Gasteiger partial charge in [0.1, 0.15) is 11.5 Å². The van der Waals surface area contributed by atoms with Crippen LogP contribution in [0.15, 0.2) is 77.2 Å². The molecule has 0 saturated carbocycles. The lowest BCUT2D eigenvalue weighted by Crippen LogP contribution is -2.11. The Hall–Kier alpha value is -3.24. The monoisotopic (exact) mass is 363 g/mol. The molecule has 0 radical (unpaired) electrons. The standard InChI is InChI=1S/C21H14ClNO3/c22-16-8-4-3-7-15(16)19-11-12-20(26-19)21(25)23-17-9-10-18(24)14-6-2-1-5-13(14)17/h1-12,24H,(H,23,25). The molecule has 0 aliphatic carbocycles. The summed E-state index contributed by atoms with van der Waals surface area (Å²) in [4.78, 5) is 12.6. The number of phenols is 1. The van der Waals surface area contributed by atoms with Gasteiger partial charge in [-0.15, -0.1) is 0 Å². The molecule has 4 nitrogen and oxygen atoms in total. The van der Waals surface area contributed by atoms with Crippen LogP contribution in [0.2, 0.25) is 5.02 Å². The van der Waals surface area contributed by atoms with Crippen molar-refractivity contribution in [2.75, 3.05) is 5.32 Å². The number of rotatable bonds is 3. The SMILES string of the molecule is O=C(Nc1ccc(O)c2ccccc12)c1ccc(-c2ccccc2Cl)o1. The second kappa shape index (κ2) is 6.58. The number of carbonyl (C=O) groups is 1. The summed E-state index contributed by atoms with van der Waals surface area (Å²) in [5, 5.41) is 14.8. The molecule has 26 heavy (non-hydrogen) atoms. The number of carbonyl (C=O) groups excluding carboxylic acids is 1. The van der Waals surface area contributed by atoms with Crippen LogP contribution >= 0.6 is 11.6 Å². The molecule has 0 aliphatic heterocycles. The number of benzene rings is 3. The molecule has 0 saturated heterocycles. The first-order valence-corrected chi connectivity index (χ1v) is 8.38. The zero-order valence-corrected chi connectivity index (χ0v) is 14.3. The summed E-state index contributed by atoms with van der Waals surface area (Å²) in [6, 6.07) is 21.1. The maximum absolute atomic E-state index is 12.6. The minimum absolute atomic E-state index is 0.164. The number of nitrogens with one attached hydrogen (secondary N) is 1. The number of aromatic hydroxyl groups is 1.